The minimum atomic E-state index is -0.721. The van der Waals surface area contributed by atoms with E-state index in [1.54, 1.807) is 11.3 Å². The topological polar surface area (TPSA) is 65.5 Å². The van der Waals surface area contributed by atoms with Gasteiger partial charge < -0.3 is 5.32 Å². The zero-order valence-electron chi connectivity index (χ0n) is 12.5. The molecule has 3 amide bonds. The number of likely N-dealkylation sites (tertiary alicyclic amines) is 1. The number of aromatic nitrogens is 1. The summed E-state index contributed by atoms with van der Waals surface area (Å²) >= 11 is 1.68. The molecule has 2 saturated heterocycles. The maximum Gasteiger partial charge on any atom is 0.325 e. The first kappa shape index (κ1) is 14.5. The molecule has 2 aliphatic rings. The average Bonchev–Trinajstić information content (AvgIpc) is 3.03. The quantitative estimate of drug-likeness (QED) is 0.856. The summed E-state index contributed by atoms with van der Waals surface area (Å²) < 4.78 is 0. The van der Waals surface area contributed by atoms with Crippen LogP contribution >= 0.6 is 11.3 Å². The van der Waals surface area contributed by atoms with E-state index in [0.29, 0.717) is 13.0 Å². The highest BCUT2D eigenvalue weighted by Gasteiger charge is 2.55. The Kier molecular flexibility index (Phi) is 3.49. The van der Waals surface area contributed by atoms with Gasteiger partial charge in [-0.05, 0) is 27.2 Å². The predicted molar refractivity (Wildman–Crippen MR) is 80.0 cm³/mol. The molecule has 114 valence electrons. The predicted octanol–water partition coefficient (Wildman–Crippen LogP) is 1.36. The lowest BCUT2D eigenvalue weighted by Gasteiger charge is -2.23. The van der Waals surface area contributed by atoms with Crippen LogP contribution in [0.3, 0.4) is 0 Å². The number of nitrogens with zero attached hydrogens (tertiary/aromatic N) is 3. The number of nitrogens with one attached hydrogen (secondary N) is 1. The van der Waals surface area contributed by atoms with E-state index in [1.165, 1.54) is 9.78 Å². The van der Waals surface area contributed by atoms with E-state index in [9.17, 15) is 9.59 Å². The van der Waals surface area contributed by atoms with Crippen LogP contribution in [-0.2, 0) is 11.3 Å². The number of amides is 3. The van der Waals surface area contributed by atoms with Crippen molar-refractivity contribution in [1.82, 2.24) is 20.1 Å². The van der Waals surface area contributed by atoms with Gasteiger partial charge in [-0.25, -0.2) is 9.78 Å². The smallest absolute Gasteiger partial charge is 0.322 e. The van der Waals surface area contributed by atoms with Crippen molar-refractivity contribution in [3.05, 3.63) is 16.1 Å². The van der Waals surface area contributed by atoms with Crippen molar-refractivity contribution in [2.45, 2.75) is 45.3 Å². The molecule has 1 aromatic rings. The summed E-state index contributed by atoms with van der Waals surface area (Å²) in [6.07, 6.45) is 2.57. The van der Waals surface area contributed by atoms with Gasteiger partial charge in [-0.1, -0.05) is 0 Å². The first-order valence-corrected chi connectivity index (χ1v) is 8.02. The van der Waals surface area contributed by atoms with Crippen LogP contribution in [0.1, 0.15) is 30.2 Å². The molecular formula is C14H20N4O2S. The third kappa shape index (κ3) is 2.44. The summed E-state index contributed by atoms with van der Waals surface area (Å²) in [4.78, 5) is 33.6. The highest BCUT2D eigenvalue weighted by Crippen LogP contribution is 2.31. The average molecular weight is 308 g/mol. The number of carbonyl (C=O) groups excluding carboxylic acids is 2. The van der Waals surface area contributed by atoms with Crippen molar-refractivity contribution in [3.63, 3.8) is 0 Å². The Balaban J connectivity index is 1.71. The summed E-state index contributed by atoms with van der Waals surface area (Å²) in [5, 5.41) is 3.97. The molecule has 6 nitrogen and oxygen atoms in total. The van der Waals surface area contributed by atoms with Crippen LogP contribution in [-0.4, -0.2) is 51.4 Å². The summed E-state index contributed by atoms with van der Waals surface area (Å²) in [6, 6.07) is -0.361. The van der Waals surface area contributed by atoms with Gasteiger partial charge >= 0.3 is 6.03 Å². The van der Waals surface area contributed by atoms with Gasteiger partial charge in [0.2, 0.25) is 0 Å². The summed E-state index contributed by atoms with van der Waals surface area (Å²) in [7, 11) is 0. The van der Waals surface area contributed by atoms with Crippen molar-refractivity contribution >= 4 is 23.3 Å². The Morgan fingerprint density at radius 1 is 1.48 bits per heavy atom. The first-order chi connectivity index (χ1) is 9.91. The van der Waals surface area contributed by atoms with E-state index in [2.05, 4.69) is 15.2 Å². The molecule has 0 aliphatic carbocycles. The van der Waals surface area contributed by atoms with E-state index >= 15 is 0 Å². The minimum Gasteiger partial charge on any atom is -0.322 e. The van der Waals surface area contributed by atoms with Crippen LogP contribution in [0.25, 0.3) is 0 Å². The fourth-order valence-electron chi connectivity index (χ4n) is 3.11. The Morgan fingerprint density at radius 2 is 2.24 bits per heavy atom. The molecule has 2 aliphatic heterocycles. The molecule has 1 aromatic heterocycles. The largest absolute Gasteiger partial charge is 0.325 e. The molecule has 21 heavy (non-hydrogen) atoms. The molecule has 1 unspecified atom stereocenters. The zero-order chi connectivity index (χ0) is 15.2. The molecule has 0 aromatic carbocycles. The lowest BCUT2D eigenvalue weighted by atomic mass is 9.98. The van der Waals surface area contributed by atoms with E-state index in [1.807, 2.05) is 27.0 Å². The molecular weight excluding hydrogens is 288 g/mol. The summed E-state index contributed by atoms with van der Waals surface area (Å²) in [6.45, 7) is 7.90. The van der Waals surface area contributed by atoms with Crippen LogP contribution < -0.4 is 5.32 Å². The fraction of sp³-hybridized carbons (Fsp3) is 0.643. The number of hydrogen-bond acceptors (Lipinski definition) is 5. The van der Waals surface area contributed by atoms with Crippen LogP contribution in [0.5, 0.6) is 0 Å². The van der Waals surface area contributed by atoms with Crippen molar-refractivity contribution in [2.24, 2.45) is 0 Å². The van der Waals surface area contributed by atoms with E-state index < -0.39 is 5.54 Å². The molecule has 3 heterocycles. The molecule has 0 saturated carbocycles. The number of rotatable bonds is 3. The highest BCUT2D eigenvalue weighted by atomic mass is 32.1. The second-order valence-electron chi connectivity index (χ2n) is 6.09. The van der Waals surface area contributed by atoms with Gasteiger partial charge in [0.25, 0.3) is 5.91 Å². The van der Waals surface area contributed by atoms with E-state index in [-0.39, 0.29) is 18.0 Å². The second kappa shape index (κ2) is 5.06. The van der Waals surface area contributed by atoms with Gasteiger partial charge in [0.05, 0.1) is 5.01 Å². The standard InChI is InChI=1S/C14H20N4O2S/c1-9(2)18-12(19)14(16-13(18)20)4-5-17(8-14)7-11-6-15-10(3)21-11/h6,9H,4-5,7-8H2,1-3H3,(H,16,20). The van der Waals surface area contributed by atoms with Gasteiger partial charge in [-0.2, -0.15) is 0 Å². The number of hydrogen-bond donors (Lipinski definition) is 1. The highest BCUT2D eigenvalue weighted by molar-refractivity contribution is 7.11. The third-order valence-corrected chi connectivity index (χ3v) is 5.00. The Morgan fingerprint density at radius 3 is 2.81 bits per heavy atom. The van der Waals surface area contributed by atoms with Crippen LogP contribution in [0.15, 0.2) is 6.20 Å². The normalized spacial score (nSPS) is 26.4. The van der Waals surface area contributed by atoms with Crippen LogP contribution in [0, 0.1) is 6.92 Å². The number of imide groups is 1. The number of aryl methyl sites for hydroxylation is 1. The molecule has 2 fully saturated rings. The Labute approximate surface area is 128 Å². The van der Waals surface area contributed by atoms with Crippen molar-refractivity contribution in [3.8, 4) is 0 Å². The van der Waals surface area contributed by atoms with E-state index in [0.717, 1.165) is 18.1 Å². The summed E-state index contributed by atoms with van der Waals surface area (Å²) in [5.74, 6) is -0.0783. The van der Waals surface area contributed by atoms with Crippen LogP contribution in [0.4, 0.5) is 4.79 Å². The lowest BCUT2D eigenvalue weighted by molar-refractivity contribution is -0.132. The van der Waals surface area contributed by atoms with Crippen LogP contribution in [0.2, 0.25) is 0 Å². The number of urea groups is 1. The lowest BCUT2D eigenvalue weighted by Crippen LogP contribution is -2.49. The molecule has 1 atom stereocenters. The van der Waals surface area contributed by atoms with Gasteiger partial charge in [0.15, 0.2) is 0 Å². The maximum absolute atomic E-state index is 12.6. The van der Waals surface area contributed by atoms with Gasteiger partial charge in [-0.3, -0.25) is 14.6 Å². The molecule has 0 bridgehead atoms. The van der Waals surface area contributed by atoms with E-state index in [4.69, 9.17) is 0 Å². The maximum atomic E-state index is 12.6. The van der Waals surface area contributed by atoms with Crippen molar-refractivity contribution in [1.29, 1.82) is 0 Å². The third-order valence-electron chi connectivity index (χ3n) is 4.11. The summed E-state index contributed by atoms with van der Waals surface area (Å²) in [5.41, 5.74) is -0.721. The molecule has 0 radical (unpaired) electrons. The SMILES string of the molecule is Cc1ncc(CN2CCC3(C2)NC(=O)N(C(C)C)C3=O)s1. The van der Waals surface area contributed by atoms with Crippen molar-refractivity contribution < 1.29 is 9.59 Å². The minimum absolute atomic E-state index is 0.0783. The van der Waals surface area contributed by atoms with Crippen molar-refractivity contribution in [2.75, 3.05) is 13.1 Å². The molecule has 1 spiro atoms. The number of thiazole rings is 1. The monoisotopic (exact) mass is 308 g/mol. The van der Waals surface area contributed by atoms with Gasteiger partial charge in [0.1, 0.15) is 5.54 Å². The second-order valence-corrected chi connectivity index (χ2v) is 7.41. The van der Waals surface area contributed by atoms with Gasteiger partial charge in [0, 0.05) is 36.8 Å². The Bertz CT molecular complexity index is 585. The van der Waals surface area contributed by atoms with Gasteiger partial charge in [-0.15, -0.1) is 11.3 Å². The first-order valence-electron chi connectivity index (χ1n) is 7.21. The Hall–Kier alpha value is -1.47. The molecule has 7 heteroatoms. The zero-order valence-corrected chi connectivity index (χ0v) is 13.4. The molecule has 3 rings (SSSR count). The number of carbonyl (C=O) groups is 2. The molecule has 1 N–H and O–H groups in total. The fourth-order valence-corrected chi connectivity index (χ4v) is 3.95.